The monoisotopic (exact) mass is 309 g/mol. The third-order valence-corrected chi connectivity index (χ3v) is 4.32. The number of carbonyl (C=O) groups excluding carboxylic acids is 1. The predicted molar refractivity (Wildman–Crippen MR) is 92.5 cm³/mol. The summed E-state index contributed by atoms with van der Waals surface area (Å²) in [7, 11) is 0. The van der Waals surface area contributed by atoms with Crippen molar-refractivity contribution in [2.24, 2.45) is 5.92 Å². The second-order valence-corrected chi connectivity index (χ2v) is 6.15. The van der Waals surface area contributed by atoms with Gasteiger partial charge in [0.1, 0.15) is 0 Å². The van der Waals surface area contributed by atoms with E-state index in [-0.39, 0.29) is 11.9 Å². The van der Waals surface area contributed by atoms with Crippen molar-refractivity contribution in [2.75, 3.05) is 18.1 Å². The summed E-state index contributed by atoms with van der Waals surface area (Å²) in [5, 5.41) is 0. The minimum Gasteiger partial charge on any atom is -0.466 e. The Kier molecular flexibility index (Phi) is 4.65. The number of carbonyl (C=O) groups is 1. The molecule has 0 fully saturated rings. The van der Waals surface area contributed by atoms with E-state index in [1.54, 1.807) is 0 Å². The van der Waals surface area contributed by atoms with Crippen LogP contribution in [0.2, 0.25) is 0 Å². The van der Waals surface area contributed by atoms with Crippen LogP contribution >= 0.6 is 0 Å². The maximum atomic E-state index is 12.2. The lowest BCUT2D eigenvalue weighted by Gasteiger charge is -2.35. The summed E-state index contributed by atoms with van der Waals surface area (Å²) in [6.45, 7) is 5.92. The van der Waals surface area contributed by atoms with Crippen molar-refractivity contribution >= 4 is 11.7 Å². The molecule has 120 valence electrons. The molecule has 0 amide bonds. The smallest absolute Gasteiger partial charge is 0.311 e. The largest absolute Gasteiger partial charge is 0.466 e. The highest BCUT2D eigenvalue weighted by atomic mass is 16.5. The van der Waals surface area contributed by atoms with Gasteiger partial charge in [-0.2, -0.15) is 0 Å². The SMILES string of the molecule is CCOC(=O)C1Cc2cc(C)ccc2N(Cc2ccccc2)C1. The standard InChI is InChI=1S/C20H23NO2/c1-3-23-20(22)18-12-17-11-15(2)9-10-19(17)21(14-18)13-16-7-5-4-6-8-16/h4-11,18H,3,12-14H2,1-2H3. The van der Waals surface area contributed by atoms with Gasteiger partial charge in [0, 0.05) is 18.8 Å². The van der Waals surface area contributed by atoms with E-state index in [0.717, 1.165) is 13.0 Å². The van der Waals surface area contributed by atoms with Gasteiger partial charge in [-0.25, -0.2) is 0 Å². The van der Waals surface area contributed by atoms with Crippen molar-refractivity contribution in [3.05, 3.63) is 65.2 Å². The summed E-state index contributed by atoms with van der Waals surface area (Å²) in [4.78, 5) is 14.5. The maximum Gasteiger partial charge on any atom is 0.311 e. The molecule has 1 aliphatic heterocycles. The number of anilines is 1. The van der Waals surface area contributed by atoms with Crippen LogP contribution < -0.4 is 4.90 Å². The van der Waals surface area contributed by atoms with E-state index >= 15 is 0 Å². The highest BCUT2D eigenvalue weighted by Crippen LogP contribution is 2.32. The Morgan fingerprint density at radius 1 is 1.22 bits per heavy atom. The Labute approximate surface area is 137 Å². The van der Waals surface area contributed by atoms with E-state index in [0.29, 0.717) is 13.2 Å². The van der Waals surface area contributed by atoms with Gasteiger partial charge in [-0.1, -0.05) is 48.0 Å². The summed E-state index contributed by atoms with van der Waals surface area (Å²) in [5.74, 6) is -0.175. The van der Waals surface area contributed by atoms with Gasteiger partial charge >= 0.3 is 5.97 Å². The second kappa shape index (κ2) is 6.86. The highest BCUT2D eigenvalue weighted by molar-refractivity contribution is 5.76. The highest BCUT2D eigenvalue weighted by Gasteiger charge is 2.30. The molecule has 0 bridgehead atoms. The molecule has 1 atom stereocenters. The first-order chi connectivity index (χ1) is 11.2. The summed E-state index contributed by atoms with van der Waals surface area (Å²) >= 11 is 0. The van der Waals surface area contributed by atoms with E-state index in [4.69, 9.17) is 4.74 Å². The molecule has 2 aromatic carbocycles. The van der Waals surface area contributed by atoms with Crippen molar-refractivity contribution in [3.8, 4) is 0 Å². The van der Waals surface area contributed by atoms with Crippen molar-refractivity contribution in [2.45, 2.75) is 26.8 Å². The summed E-state index contributed by atoms with van der Waals surface area (Å²) in [6, 6.07) is 16.9. The Bertz CT molecular complexity index is 681. The normalized spacial score (nSPS) is 16.8. The van der Waals surface area contributed by atoms with Crippen LogP contribution in [0.4, 0.5) is 5.69 Å². The molecular formula is C20H23NO2. The number of nitrogens with zero attached hydrogens (tertiary/aromatic N) is 1. The molecule has 1 heterocycles. The fourth-order valence-electron chi connectivity index (χ4n) is 3.25. The molecule has 0 saturated heterocycles. The minimum atomic E-state index is -0.0898. The van der Waals surface area contributed by atoms with Gasteiger partial charge in [0.25, 0.3) is 0 Å². The van der Waals surface area contributed by atoms with Crippen LogP contribution in [0.5, 0.6) is 0 Å². The maximum absolute atomic E-state index is 12.2. The summed E-state index contributed by atoms with van der Waals surface area (Å²) in [6.07, 6.45) is 0.765. The molecule has 1 unspecified atom stereocenters. The topological polar surface area (TPSA) is 29.5 Å². The Hall–Kier alpha value is -2.29. The average molecular weight is 309 g/mol. The van der Waals surface area contributed by atoms with Crippen LogP contribution in [-0.2, 0) is 22.5 Å². The molecule has 3 heteroatoms. The first-order valence-electron chi connectivity index (χ1n) is 8.22. The fraction of sp³-hybridized carbons (Fsp3) is 0.350. The molecule has 0 N–H and O–H groups in total. The van der Waals surface area contributed by atoms with Crippen molar-refractivity contribution < 1.29 is 9.53 Å². The van der Waals surface area contributed by atoms with Crippen molar-refractivity contribution in [1.82, 2.24) is 0 Å². The molecule has 0 aliphatic carbocycles. The number of esters is 1. The lowest BCUT2D eigenvalue weighted by molar-refractivity contribution is -0.147. The van der Waals surface area contributed by atoms with Gasteiger partial charge in [0.2, 0.25) is 0 Å². The molecular weight excluding hydrogens is 286 g/mol. The number of hydrogen-bond donors (Lipinski definition) is 0. The second-order valence-electron chi connectivity index (χ2n) is 6.15. The van der Waals surface area contributed by atoms with E-state index in [1.807, 2.05) is 13.0 Å². The quantitative estimate of drug-likeness (QED) is 0.806. The van der Waals surface area contributed by atoms with Crippen LogP contribution in [-0.4, -0.2) is 19.1 Å². The van der Waals surface area contributed by atoms with Crippen LogP contribution in [0.3, 0.4) is 0 Å². The zero-order chi connectivity index (χ0) is 16.2. The Morgan fingerprint density at radius 3 is 2.74 bits per heavy atom. The molecule has 0 aromatic heterocycles. The van der Waals surface area contributed by atoms with E-state index < -0.39 is 0 Å². The minimum absolute atomic E-state index is 0.0854. The van der Waals surface area contributed by atoms with Gasteiger partial charge in [-0.3, -0.25) is 4.79 Å². The number of benzene rings is 2. The number of ether oxygens (including phenoxy) is 1. The number of aryl methyl sites for hydroxylation is 1. The molecule has 0 radical (unpaired) electrons. The lowest BCUT2D eigenvalue weighted by atomic mass is 9.91. The first kappa shape index (κ1) is 15.6. The van der Waals surface area contributed by atoms with Crippen molar-refractivity contribution in [3.63, 3.8) is 0 Å². The summed E-state index contributed by atoms with van der Waals surface area (Å²) in [5.41, 5.74) is 4.96. The van der Waals surface area contributed by atoms with E-state index in [1.165, 1.54) is 22.4 Å². The number of rotatable bonds is 4. The fourth-order valence-corrected chi connectivity index (χ4v) is 3.25. The lowest BCUT2D eigenvalue weighted by Crippen LogP contribution is -2.39. The van der Waals surface area contributed by atoms with Crippen LogP contribution in [0, 0.1) is 12.8 Å². The number of fused-ring (bicyclic) bond motifs is 1. The first-order valence-corrected chi connectivity index (χ1v) is 8.22. The molecule has 0 saturated carbocycles. The summed E-state index contributed by atoms with van der Waals surface area (Å²) < 4.78 is 5.26. The van der Waals surface area contributed by atoms with E-state index in [9.17, 15) is 4.79 Å². The molecule has 1 aliphatic rings. The van der Waals surface area contributed by atoms with Gasteiger partial charge in [-0.05, 0) is 37.5 Å². The molecule has 23 heavy (non-hydrogen) atoms. The van der Waals surface area contributed by atoms with Crippen molar-refractivity contribution in [1.29, 1.82) is 0 Å². The van der Waals surface area contributed by atoms with Crippen LogP contribution in [0.1, 0.15) is 23.6 Å². The predicted octanol–water partition coefficient (Wildman–Crippen LogP) is 3.74. The zero-order valence-electron chi connectivity index (χ0n) is 13.8. The van der Waals surface area contributed by atoms with Gasteiger partial charge in [0.05, 0.1) is 12.5 Å². The molecule has 3 rings (SSSR count). The molecule has 3 nitrogen and oxygen atoms in total. The van der Waals surface area contributed by atoms with Gasteiger partial charge < -0.3 is 9.64 Å². The Morgan fingerprint density at radius 2 is 2.00 bits per heavy atom. The van der Waals surface area contributed by atoms with Crippen LogP contribution in [0.25, 0.3) is 0 Å². The van der Waals surface area contributed by atoms with Crippen LogP contribution in [0.15, 0.2) is 48.5 Å². The zero-order valence-corrected chi connectivity index (χ0v) is 13.8. The third kappa shape index (κ3) is 3.55. The molecule has 0 spiro atoms. The van der Waals surface area contributed by atoms with Gasteiger partial charge in [-0.15, -0.1) is 0 Å². The Balaban J connectivity index is 1.89. The van der Waals surface area contributed by atoms with Gasteiger partial charge in [0.15, 0.2) is 0 Å². The third-order valence-electron chi connectivity index (χ3n) is 4.32. The average Bonchev–Trinajstić information content (AvgIpc) is 2.55. The van der Waals surface area contributed by atoms with E-state index in [2.05, 4.69) is 54.3 Å². The molecule has 2 aromatic rings. The number of hydrogen-bond acceptors (Lipinski definition) is 3.